The first-order valence-corrected chi connectivity index (χ1v) is 27.1. The van der Waals surface area contributed by atoms with Crippen molar-refractivity contribution in [3.63, 3.8) is 0 Å². The fourth-order valence-corrected chi connectivity index (χ4v) is 26.4. The molecule has 1 heteroatoms. The van der Waals surface area contributed by atoms with Crippen molar-refractivity contribution in [3.8, 4) is 22.3 Å². The van der Waals surface area contributed by atoms with Gasteiger partial charge in [0.05, 0.1) is 0 Å². The Bertz CT molecular complexity index is 1620. The molecule has 1 aliphatic heterocycles. The molecular formula is C40H40Hf. The predicted octanol–water partition coefficient (Wildman–Crippen LogP) is 11.4. The Morgan fingerprint density at radius 2 is 1.00 bits per heavy atom. The van der Waals surface area contributed by atoms with Gasteiger partial charge in [-0.25, -0.2) is 0 Å². The molecule has 4 aliphatic rings. The van der Waals surface area contributed by atoms with Crippen molar-refractivity contribution >= 4 is 12.2 Å². The quantitative estimate of drug-likeness (QED) is 0.183. The van der Waals surface area contributed by atoms with E-state index in [1.54, 1.807) is 11.1 Å². The van der Waals surface area contributed by atoms with Crippen LogP contribution in [-0.4, -0.2) is 0 Å². The van der Waals surface area contributed by atoms with Crippen LogP contribution in [0, 0.1) is 19.3 Å². The third-order valence-corrected chi connectivity index (χ3v) is 26.3. The number of fused-ring (bicyclic) bond motifs is 8. The molecule has 0 aromatic heterocycles. The Morgan fingerprint density at radius 1 is 0.561 bits per heavy atom. The van der Waals surface area contributed by atoms with Crippen LogP contribution in [0.5, 0.6) is 0 Å². The summed E-state index contributed by atoms with van der Waals surface area (Å²) in [6, 6.07) is 32.9. The Kier molecular flexibility index (Phi) is 5.92. The molecule has 1 saturated carbocycles. The van der Waals surface area contributed by atoms with Crippen LogP contribution in [0.4, 0.5) is 0 Å². The molecule has 8 rings (SSSR count). The Hall–Kier alpha value is -2.77. The molecule has 2 unspecified atom stereocenters. The van der Waals surface area contributed by atoms with Crippen molar-refractivity contribution in [3.05, 3.63) is 129 Å². The van der Waals surface area contributed by atoms with Crippen LogP contribution in [-0.2, 0) is 20.0 Å². The topological polar surface area (TPSA) is 0 Å². The Labute approximate surface area is 250 Å². The van der Waals surface area contributed by atoms with Gasteiger partial charge in [0, 0.05) is 0 Å². The maximum atomic E-state index is 2.79. The second-order valence-corrected chi connectivity index (χ2v) is 31.1. The fourth-order valence-electron chi connectivity index (χ4n) is 9.27. The predicted molar refractivity (Wildman–Crippen MR) is 172 cm³/mol. The van der Waals surface area contributed by atoms with Crippen LogP contribution < -0.4 is 0 Å². The zero-order valence-corrected chi connectivity index (χ0v) is 28.5. The SMILES string of the molecule is Cc1ccc(-c2cccc3c2C=C2[CH]3[Hf]([CH3])([CH3])[CH]3C(=Cc4c(-c5ccc(C)cc5)cccc43)C23CCCCC3)cc1. The second kappa shape index (κ2) is 9.37. The molecule has 1 heterocycles. The summed E-state index contributed by atoms with van der Waals surface area (Å²) in [6.07, 6.45) is 12.2. The molecule has 3 aliphatic carbocycles. The summed E-state index contributed by atoms with van der Waals surface area (Å²) in [6.45, 7) is 4.38. The number of rotatable bonds is 2. The summed E-state index contributed by atoms with van der Waals surface area (Å²) >= 11 is -3.03. The summed E-state index contributed by atoms with van der Waals surface area (Å²) < 4.78 is 6.91. The molecule has 1 saturated heterocycles. The van der Waals surface area contributed by atoms with Crippen molar-refractivity contribution in [1.82, 2.24) is 0 Å². The first kappa shape index (κ1) is 25.9. The average Bonchev–Trinajstić information content (AvgIpc) is 3.59. The normalized spacial score (nSPS) is 22.8. The molecule has 41 heavy (non-hydrogen) atoms. The van der Waals surface area contributed by atoms with E-state index in [-0.39, 0.29) is 5.41 Å². The maximum absolute atomic E-state index is 3.03. The number of aryl methyl sites for hydroxylation is 2. The van der Waals surface area contributed by atoms with Gasteiger partial charge >= 0.3 is 252 Å². The van der Waals surface area contributed by atoms with Crippen LogP contribution in [0.25, 0.3) is 34.4 Å². The van der Waals surface area contributed by atoms with Gasteiger partial charge in [0.15, 0.2) is 0 Å². The van der Waals surface area contributed by atoms with Gasteiger partial charge in [-0.1, -0.05) is 0 Å². The van der Waals surface area contributed by atoms with Gasteiger partial charge in [0.1, 0.15) is 0 Å². The second-order valence-electron chi connectivity index (χ2n) is 13.9. The molecule has 0 amide bonds. The third-order valence-electron chi connectivity index (χ3n) is 11.1. The third kappa shape index (κ3) is 3.73. The first-order valence-electron chi connectivity index (χ1n) is 15.7. The standard InChI is InChI=1S/C38H34.2CH3.Hf/c1-26-12-16-28(17-13-26)34-10-6-8-30-22-32(24-36(30)34)38(20-4-3-5-21-38)33-23-31-9-7-11-35(37(31)25-33)29-18-14-27(2)15-19-29;;;/h6-19,22-25H,3-5,20-21H2,1-2H3;2*1H3;. The van der Waals surface area contributed by atoms with Crippen molar-refractivity contribution in [2.24, 2.45) is 5.41 Å². The minimum absolute atomic E-state index is 0.218. The van der Waals surface area contributed by atoms with E-state index in [4.69, 9.17) is 0 Å². The van der Waals surface area contributed by atoms with E-state index in [1.807, 2.05) is 11.1 Å². The number of benzene rings is 4. The molecule has 0 radical (unpaired) electrons. The van der Waals surface area contributed by atoms with Crippen molar-refractivity contribution < 1.29 is 20.0 Å². The first-order chi connectivity index (χ1) is 19.9. The summed E-state index contributed by atoms with van der Waals surface area (Å²) in [4.78, 5) is 0. The molecule has 1 spiro atoms. The van der Waals surface area contributed by atoms with Gasteiger partial charge in [0.2, 0.25) is 0 Å². The van der Waals surface area contributed by atoms with Gasteiger partial charge < -0.3 is 0 Å². The van der Waals surface area contributed by atoms with E-state index < -0.39 is 20.0 Å². The van der Waals surface area contributed by atoms with Crippen LogP contribution in [0.2, 0.25) is 9.36 Å². The van der Waals surface area contributed by atoms with Crippen LogP contribution in [0.3, 0.4) is 0 Å². The Morgan fingerprint density at radius 3 is 1.44 bits per heavy atom. The molecule has 2 fully saturated rings. The van der Waals surface area contributed by atoms with E-state index in [1.165, 1.54) is 76.6 Å². The summed E-state index contributed by atoms with van der Waals surface area (Å²) in [5.74, 6) is 0. The molecule has 204 valence electrons. The molecule has 0 nitrogen and oxygen atoms in total. The molecule has 2 atom stereocenters. The number of allylic oxidation sites excluding steroid dienone is 2. The van der Waals surface area contributed by atoms with Crippen molar-refractivity contribution in [1.29, 1.82) is 0 Å². The number of hydrogen-bond donors (Lipinski definition) is 0. The molecular weight excluding hydrogens is 659 g/mol. The van der Waals surface area contributed by atoms with E-state index in [9.17, 15) is 0 Å². The zero-order chi connectivity index (χ0) is 27.9. The molecule has 4 aromatic rings. The van der Waals surface area contributed by atoms with Gasteiger partial charge in [-0.15, -0.1) is 0 Å². The molecule has 4 aromatic carbocycles. The minimum atomic E-state index is -3.03. The van der Waals surface area contributed by atoms with Crippen LogP contribution >= 0.6 is 0 Å². The van der Waals surface area contributed by atoms with Gasteiger partial charge in [-0.2, -0.15) is 0 Å². The summed E-state index contributed by atoms with van der Waals surface area (Å²) in [7, 11) is 0. The fraction of sp³-hybridized carbons (Fsp3) is 0.300. The van der Waals surface area contributed by atoms with E-state index in [0.717, 1.165) is 0 Å². The van der Waals surface area contributed by atoms with Gasteiger partial charge in [-0.05, 0) is 0 Å². The Balaban J connectivity index is 1.36. The van der Waals surface area contributed by atoms with E-state index in [0.29, 0.717) is 7.35 Å². The van der Waals surface area contributed by atoms with Crippen LogP contribution in [0.1, 0.15) is 72.8 Å². The molecule has 0 bridgehead atoms. The number of hydrogen-bond acceptors (Lipinski definition) is 0. The van der Waals surface area contributed by atoms with Gasteiger partial charge in [-0.3, -0.25) is 0 Å². The van der Waals surface area contributed by atoms with E-state index in [2.05, 4.69) is 120 Å². The van der Waals surface area contributed by atoms with Gasteiger partial charge in [0.25, 0.3) is 0 Å². The molecule has 0 N–H and O–H groups in total. The van der Waals surface area contributed by atoms with Crippen molar-refractivity contribution in [2.45, 2.75) is 62.7 Å². The van der Waals surface area contributed by atoms with E-state index >= 15 is 0 Å². The monoisotopic (exact) mass is 700 g/mol. The van der Waals surface area contributed by atoms with Crippen molar-refractivity contribution in [2.75, 3.05) is 0 Å². The summed E-state index contributed by atoms with van der Waals surface area (Å²) in [5, 5.41) is 0. The average molecular weight is 699 g/mol. The summed E-state index contributed by atoms with van der Waals surface area (Å²) in [5.41, 5.74) is 18.5. The van der Waals surface area contributed by atoms with Crippen LogP contribution in [0.15, 0.2) is 96.1 Å². The zero-order valence-electron chi connectivity index (χ0n) is 24.9.